The van der Waals surface area contributed by atoms with Crippen LogP contribution in [0.1, 0.15) is 28.4 Å². The third kappa shape index (κ3) is 4.85. The second kappa shape index (κ2) is 9.12. The lowest BCUT2D eigenvalue weighted by Gasteiger charge is -2.09. The molecule has 8 heteroatoms. The number of aryl methyl sites for hydroxylation is 2. The average Bonchev–Trinajstić information content (AvgIpc) is 3.20. The first-order valence-corrected chi connectivity index (χ1v) is 10.6. The molecule has 0 fully saturated rings. The van der Waals surface area contributed by atoms with E-state index in [0.717, 1.165) is 16.8 Å². The molecule has 0 bridgehead atoms. The zero-order chi connectivity index (χ0) is 23.5. The Balaban J connectivity index is 1.47. The lowest BCUT2D eigenvalue weighted by molar-refractivity contribution is -0.114. The van der Waals surface area contributed by atoms with E-state index in [2.05, 4.69) is 21.8 Å². The highest BCUT2D eigenvalue weighted by Gasteiger charge is 2.12. The van der Waals surface area contributed by atoms with Crippen molar-refractivity contribution in [2.45, 2.75) is 27.3 Å². The number of hydrogen-bond acceptors (Lipinski definition) is 4. The Labute approximate surface area is 190 Å². The lowest BCUT2D eigenvalue weighted by Crippen LogP contribution is -2.31. The van der Waals surface area contributed by atoms with Gasteiger partial charge in [0.2, 0.25) is 5.91 Å². The van der Waals surface area contributed by atoms with Gasteiger partial charge < -0.3 is 15.2 Å². The molecule has 2 N–H and O–H groups in total. The zero-order valence-corrected chi connectivity index (χ0v) is 18.8. The van der Waals surface area contributed by atoms with Crippen LogP contribution in [0.4, 0.5) is 5.69 Å². The average molecular weight is 444 g/mol. The molecule has 4 rings (SSSR count). The fourth-order valence-electron chi connectivity index (χ4n) is 3.77. The summed E-state index contributed by atoms with van der Waals surface area (Å²) >= 11 is 0. The summed E-state index contributed by atoms with van der Waals surface area (Å²) in [5.41, 5.74) is 5.29. The van der Waals surface area contributed by atoms with Crippen molar-refractivity contribution in [3.63, 3.8) is 0 Å². The van der Waals surface area contributed by atoms with Gasteiger partial charge in [0.1, 0.15) is 5.52 Å². The third-order valence-electron chi connectivity index (χ3n) is 5.34. The van der Waals surface area contributed by atoms with Gasteiger partial charge in [-0.15, -0.1) is 0 Å². The zero-order valence-electron chi connectivity index (χ0n) is 18.8. The largest absolute Gasteiger partial charge is 0.350 e. The molecule has 0 radical (unpaired) electrons. The minimum absolute atomic E-state index is 0.178. The number of nitrogens with one attached hydrogen (secondary N) is 2. The Bertz CT molecular complexity index is 1420. The first-order chi connectivity index (χ1) is 15.8. The summed E-state index contributed by atoms with van der Waals surface area (Å²) in [4.78, 5) is 36.6. The van der Waals surface area contributed by atoms with E-state index in [1.54, 1.807) is 51.8 Å². The maximum atomic E-state index is 13.0. The molecule has 2 aromatic carbocycles. The number of anilines is 1. The summed E-state index contributed by atoms with van der Waals surface area (Å²) in [5.74, 6) is -0.485. The summed E-state index contributed by atoms with van der Waals surface area (Å²) < 4.78 is 3.14. The summed E-state index contributed by atoms with van der Waals surface area (Å²) in [7, 11) is 0. The number of rotatable bonds is 6. The second-order valence-electron chi connectivity index (χ2n) is 7.99. The molecule has 2 heterocycles. The van der Waals surface area contributed by atoms with Gasteiger partial charge >= 0.3 is 0 Å². The van der Waals surface area contributed by atoms with E-state index in [0.29, 0.717) is 23.3 Å². The molecule has 0 atom stereocenters. The highest BCUT2D eigenvalue weighted by atomic mass is 16.2. The van der Waals surface area contributed by atoms with Crippen LogP contribution in [-0.2, 0) is 11.3 Å². The molecule has 2 aromatic heterocycles. The normalized spacial score (nSPS) is 10.9. The first-order valence-electron chi connectivity index (χ1n) is 10.6. The molecule has 0 saturated carbocycles. The van der Waals surface area contributed by atoms with E-state index in [9.17, 15) is 14.4 Å². The fraction of sp³-hybridized carbons (Fsp3) is 0.200. The van der Waals surface area contributed by atoms with Gasteiger partial charge in [0.15, 0.2) is 0 Å². The van der Waals surface area contributed by atoms with Crippen LogP contribution in [0.2, 0.25) is 0 Å². The highest BCUT2D eigenvalue weighted by Crippen LogP contribution is 2.23. The number of benzene rings is 2. The predicted octanol–water partition coefficient (Wildman–Crippen LogP) is 3.17. The van der Waals surface area contributed by atoms with Crippen molar-refractivity contribution in [3.05, 3.63) is 88.0 Å². The number of nitrogens with zero attached hydrogens (tertiary/aromatic N) is 3. The molecule has 0 aliphatic heterocycles. The van der Waals surface area contributed by atoms with Crippen LogP contribution in [-0.4, -0.2) is 32.5 Å². The van der Waals surface area contributed by atoms with Crippen molar-refractivity contribution < 1.29 is 9.59 Å². The van der Waals surface area contributed by atoms with Crippen molar-refractivity contribution in [1.82, 2.24) is 19.5 Å². The van der Waals surface area contributed by atoms with Crippen molar-refractivity contribution >= 4 is 23.0 Å². The lowest BCUT2D eigenvalue weighted by atomic mass is 10.0. The minimum atomic E-state index is -0.280. The van der Waals surface area contributed by atoms with Crippen LogP contribution in [0, 0.1) is 13.8 Å². The van der Waals surface area contributed by atoms with E-state index in [1.807, 2.05) is 26.0 Å². The molecule has 0 aliphatic carbocycles. The SMILES string of the molecule is CC(=O)Nc1cccc(C(=O)NCCn2ccn3nc(-c4ccc(C)cc4C)cc3c2=O)c1. The highest BCUT2D eigenvalue weighted by molar-refractivity contribution is 5.96. The van der Waals surface area contributed by atoms with Crippen LogP contribution in [0.25, 0.3) is 16.8 Å². The van der Waals surface area contributed by atoms with E-state index >= 15 is 0 Å². The molecule has 0 aliphatic rings. The van der Waals surface area contributed by atoms with E-state index in [-0.39, 0.29) is 23.9 Å². The van der Waals surface area contributed by atoms with E-state index in [1.165, 1.54) is 12.5 Å². The van der Waals surface area contributed by atoms with Gasteiger partial charge in [-0.2, -0.15) is 5.10 Å². The number of amides is 2. The first kappa shape index (κ1) is 22.0. The second-order valence-corrected chi connectivity index (χ2v) is 7.99. The van der Waals surface area contributed by atoms with Crippen molar-refractivity contribution in [2.24, 2.45) is 0 Å². The monoisotopic (exact) mass is 443 g/mol. The fourth-order valence-corrected chi connectivity index (χ4v) is 3.77. The standard InChI is InChI=1S/C25H25N5O3/c1-16-7-8-21(17(2)13-16)22-15-23-25(33)29(11-12-30(23)28-22)10-9-26-24(32)19-5-4-6-20(14-19)27-18(3)31/h4-8,11-15H,9-10H2,1-3H3,(H,26,32)(H,27,31). The molecule has 2 amide bonds. The van der Waals surface area contributed by atoms with Crippen molar-refractivity contribution in [1.29, 1.82) is 0 Å². The quantitative estimate of drug-likeness (QED) is 0.478. The Morgan fingerprint density at radius 1 is 1.03 bits per heavy atom. The number of hydrogen-bond donors (Lipinski definition) is 2. The Morgan fingerprint density at radius 3 is 2.61 bits per heavy atom. The molecule has 8 nitrogen and oxygen atoms in total. The van der Waals surface area contributed by atoms with Gasteiger partial charge in [-0.05, 0) is 43.7 Å². The van der Waals surface area contributed by atoms with Crippen LogP contribution >= 0.6 is 0 Å². The van der Waals surface area contributed by atoms with Gasteiger partial charge in [0.05, 0.1) is 5.69 Å². The van der Waals surface area contributed by atoms with Crippen LogP contribution in [0.15, 0.2) is 65.7 Å². The van der Waals surface area contributed by atoms with Gasteiger partial charge in [-0.3, -0.25) is 14.4 Å². The molecule has 0 saturated heterocycles. The van der Waals surface area contributed by atoms with E-state index in [4.69, 9.17) is 0 Å². The number of fused-ring (bicyclic) bond motifs is 1. The van der Waals surface area contributed by atoms with Crippen LogP contribution in [0.3, 0.4) is 0 Å². The molecule has 0 unspecified atom stereocenters. The Morgan fingerprint density at radius 2 is 1.85 bits per heavy atom. The van der Waals surface area contributed by atoms with Crippen LogP contribution < -0.4 is 16.2 Å². The molecular formula is C25H25N5O3. The van der Waals surface area contributed by atoms with Gasteiger partial charge in [-0.25, -0.2) is 4.52 Å². The summed E-state index contributed by atoms with van der Waals surface area (Å²) in [6, 6.07) is 14.6. The topological polar surface area (TPSA) is 97.5 Å². The van der Waals surface area contributed by atoms with Crippen LogP contribution in [0.5, 0.6) is 0 Å². The van der Waals surface area contributed by atoms with Gasteiger partial charge in [0.25, 0.3) is 11.5 Å². The Kier molecular flexibility index (Phi) is 6.08. The summed E-state index contributed by atoms with van der Waals surface area (Å²) in [5, 5.41) is 10.0. The summed E-state index contributed by atoms with van der Waals surface area (Å²) in [6.07, 6.45) is 3.40. The Hall–Kier alpha value is -4.20. The van der Waals surface area contributed by atoms with Crippen molar-refractivity contribution in [2.75, 3.05) is 11.9 Å². The maximum Gasteiger partial charge on any atom is 0.276 e. The van der Waals surface area contributed by atoms with Gasteiger partial charge in [-0.1, -0.05) is 29.8 Å². The maximum absolute atomic E-state index is 13.0. The number of carbonyl (C=O) groups excluding carboxylic acids is 2. The molecule has 0 spiro atoms. The minimum Gasteiger partial charge on any atom is -0.350 e. The smallest absolute Gasteiger partial charge is 0.276 e. The predicted molar refractivity (Wildman–Crippen MR) is 127 cm³/mol. The molecular weight excluding hydrogens is 418 g/mol. The number of carbonyl (C=O) groups is 2. The molecule has 4 aromatic rings. The van der Waals surface area contributed by atoms with E-state index < -0.39 is 0 Å². The van der Waals surface area contributed by atoms with Gasteiger partial charge in [0, 0.05) is 49.2 Å². The molecule has 168 valence electrons. The molecule has 33 heavy (non-hydrogen) atoms. The third-order valence-corrected chi connectivity index (χ3v) is 5.34. The number of aromatic nitrogens is 3. The van der Waals surface area contributed by atoms with Crippen molar-refractivity contribution in [3.8, 4) is 11.3 Å². The summed E-state index contributed by atoms with van der Waals surface area (Å²) in [6.45, 7) is 6.07.